The van der Waals surface area contributed by atoms with E-state index in [1.807, 2.05) is 0 Å². The van der Waals surface area contributed by atoms with Gasteiger partial charge in [0.1, 0.15) is 17.4 Å². The molecule has 0 atom stereocenters. The van der Waals surface area contributed by atoms with Crippen molar-refractivity contribution in [3.05, 3.63) is 71.3 Å². The lowest BCUT2D eigenvalue weighted by molar-refractivity contribution is -0.136. The van der Waals surface area contributed by atoms with E-state index >= 15 is 0 Å². The lowest BCUT2D eigenvalue weighted by atomic mass is 10.1. The zero-order valence-electron chi connectivity index (χ0n) is 12.8. The average molecular weight is 332 g/mol. The van der Waals surface area contributed by atoms with E-state index in [9.17, 15) is 18.4 Å². The minimum Gasteiger partial charge on any atom is -0.497 e. The molecule has 0 bridgehead atoms. The summed E-state index contributed by atoms with van der Waals surface area (Å²) in [6, 6.07) is 9.41. The average Bonchev–Trinajstić information content (AvgIpc) is 2.60. The fourth-order valence-electron chi connectivity index (χ4n) is 1.85. The van der Waals surface area contributed by atoms with Gasteiger partial charge in [0.15, 0.2) is 6.61 Å². The fraction of sp³-hybridized carbons (Fsp3) is 0.111. The Morgan fingerprint density at radius 3 is 2.46 bits per heavy atom. The van der Waals surface area contributed by atoms with E-state index in [1.165, 1.54) is 6.08 Å². The zero-order valence-corrected chi connectivity index (χ0v) is 12.8. The number of ketones is 1. The molecule has 2 aromatic carbocycles. The molecule has 0 aliphatic carbocycles. The van der Waals surface area contributed by atoms with Crippen LogP contribution in [0.5, 0.6) is 5.75 Å². The molecule has 4 nitrogen and oxygen atoms in total. The molecule has 124 valence electrons. The van der Waals surface area contributed by atoms with Crippen molar-refractivity contribution in [3.8, 4) is 5.75 Å². The van der Waals surface area contributed by atoms with Gasteiger partial charge in [-0.3, -0.25) is 4.79 Å². The first-order valence-electron chi connectivity index (χ1n) is 6.97. The molecule has 0 unspecified atom stereocenters. The number of carbonyl (C=O) groups excluding carboxylic acids is 2. The predicted octanol–water partition coefficient (Wildman–Crippen LogP) is 3.41. The van der Waals surface area contributed by atoms with E-state index in [0.717, 1.165) is 29.8 Å². The largest absolute Gasteiger partial charge is 0.497 e. The predicted molar refractivity (Wildman–Crippen MR) is 83.7 cm³/mol. The van der Waals surface area contributed by atoms with Crippen LogP contribution in [0.1, 0.15) is 15.9 Å². The number of methoxy groups -OCH3 is 1. The number of ether oxygens (including phenoxy) is 2. The normalized spacial score (nSPS) is 10.6. The number of halogens is 2. The molecule has 0 heterocycles. The number of carbonyl (C=O) groups is 2. The first-order chi connectivity index (χ1) is 11.5. The van der Waals surface area contributed by atoms with E-state index in [-0.39, 0.29) is 0 Å². The highest BCUT2D eigenvalue weighted by molar-refractivity contribution is 5.99. The van der Waals surface area contributed by atoms with Crippen LogP contribution in [0.2, 0.25) is 0 Å². The molecule has 2 rings (SSSR count). The molecule has 0 saturated carbocycles. The van der Waals surface area contributed by atoms with Crippen molar-refractivity contribution in [3.63, 3.8) is 0 Å². The summed E-state index contributed by atoms with van der Waals surface area (Å²) in [6.07, 6.45) is 2.63. The smallest absolute Gasteiger partial charge is 0.331 e. The van der Waals surface area contributed by atoms with Gasteiger partial charge in [0.2, 0.25) is 5.78 Å². The number of hydrogen-bond donors (Lipinski definition) is 0. The molecule has 0 radical (unpaired) electrons. The number of benzene rings is 2. The molecule has 0 amide bonds. The molecule has 24 heavy (non-hydrogen) atoms. The first-order valence-corrected chi connectivity index (χ1v) is 6.97. The second kappa shape index (κ2) is 8.01. The summed E-state index contributed by atoms with van der Waals surface area (Å²) in [5, 5.41) is 0. The van der Waals surface area contributed by atoms with Crippen molar-refractivity contribution in [1.29, 1.82) is 0 Å². The van der Waals surface area contributed by atoms with Crippen molar-refractivity contribution in [2.75, 3.05) is 13.7 Å². The monoisotopic (exact) mass is 332 g/mol. The second-order valence-corrected chi connectivity index (χ2v) is 4.76. The summed E-state index contributed by atoms with van der Waals surface area (Å²) in [6.45, 7) is -0.674. The van der Waals surface area contributed by atoms with E-state index in [0.29, 0.717) is 5.75 Å². The number of Topliss-reactive ketones (excluding diaryl/α,β-unsaturated/α-hetero) is 1. The minimum atomic E-state index is -0.869. The first kappa shape index (κ1) is 17.3. The van der Waals surface area contributed by atoms with E-state index in [1.54, 1.807) is 31.4 Å². The highest BCUT2D eigenvalue weighted by atomic mass is 19.1. The molecule has 0 aliphatic rings. The van der Waals surface area contributed by atoms with Crippen LogP contribution in [0, 0.1) is 11.6 Å². The quantitative estimate of drug-likeness (QED) is 0.462. The molecular formula is C18H14F2O4. The van der Waals surface area contributed by atoms with Crippen molar-refractivity contribution in [2.45, 2.75) is 0 Å². The van der Waals surface area contributed by atoms with Gasteiger partial charge >= 0.3 is 5.97 Å². The van der Waals surface area contributed by atoms with E-state index < -0.39 is 35.6 Å². The maximum atomic E-state index is 13.4. The van der Waals surface area contributed by atoms with Gasteiger partial charge in [-0.05, 0) is 42.0 Å². The number of esters is 1. The lowest BCUT2D eigenvalue weighted by Crippen LogP contribution is -2.14. The molecule has 6 heteroatoms. The van der Waals surface area contributed by atoms with Crippen molar-refractivity contribution in [2.24, 2.45) is 0 Å². The summed E-state index contributed by atoms with van der Waals surface area (Å²) in [4.78, 5) is 23.3. The molecule has 0 saturated heterocycles. The third kappa shape index (κ3) is 4.74. The maximum absolute atomic E-state index is 13.4. The van der Waals surface area contributed by atoms with Gasteiger partial charge in [-0.15, -0.1) is 0 Å². The zero-order chi connectivity index (χ0) is 17.5. The van der Waals surface area contributed by atoms with Gasteiger partial charge in [-0.2, -0.15) is 0 Å². The summed E-state index contributed by atoms with van der Waals surface area (Å²) in [5.74, 6) is -2.52. The van der Waals surface area contributed by atoms with Crippen LogP contribution >= 0.6 is 0 Å². The van der Waals surface area contributed by atoms with E-state index in [2.05, 4.69) is 0 Å². The third-order valence-corrected chi connectivity index (χ3v) is 3.10. The fourth-order valence-corrected chi connectivity index (χ4v) is 1.85. The van der Waals surface area contributed by atoms with Crippen LogP contribution in [0.3, 0.4) is 0 Å². The molecule has 0 spiro atoms. The second-order valence-electron chi connectivity index (χ2n) is 4.76. The number of hydrogen-bond acceptors (Lipinski definition) is 4. The minimum absolute atomic E-state index is 0.457. The summed E-state index contributed by atoms with van der Waals surface area (Å²) >= 11 is 0. The third-order valence-electron chi connectivity index (χ3n) is 3.10. The van der Waals surface area contributed by atoms with Crippen LogP contribution in [0.25, 0.3) is 6.08 Å². The van der Waals surface area contributed by atoms with Gasteiger partial charge in [-0.1, -0.05) is 12.1 Å². The Bertz CT molecular complexity index is 767. The highest BCUT2D eigenvalue weighted by Gasteiger charge is 2.14. The van der Waals surface area contributed by atoms with Crippen LogP contribution in [-0.2, 0) is 9.53 Å². The van der Waals surface area contributed by atoms with Gasteiger partial charge in [0.25, 0.3) is 0 Å². The van der Waals surface area contributed by atoms with Crippen LogP contribution in [-0.4, -0.2) is 25.5 Å². The molecule has 0 fully saturated rings. The van der Waals surface area contributed by atoms with E-state index in [4.69, 9.17) is 9.47 Å². The molecule has 0 aromatic heterocycles. The van der Waals surface area contributed by atoms with Crippen molar-refractivity contribution < 1.29 is 27.8 Å². The maximum Gasteiger partial charge on any atom is 0.331 e. The summed E-state index contributed by atoms with van der Waals surface area (Å²) in [7, 11) is 1.54. The van der Waals surface area contributed by atoms with Gasteiger partial charge in [-0.25, -0.2) is 13.6 Å². The lowest BCUT2D eigenvalue weighted by Gasteiger charge is -2.03. The molecule has 2 aromatic rings. The Hall–Kier alpha value is -3.02. The Kier molecular flexibility index (Phi) is 5.78. The van der Waals surface area contributed by atoms with Gasteiger partial charge in [0.05, 0.1) is 12.7 Å². The summed E-state index contributed by atoms with van der Waals surface area (Å²) in [5.41, 5.74) is 0.275. The summed E-state index contributed by atoms with van der Waals surface area (Å²) < 4.78 is 36.2. The van der Waals surface area contributed by atoms with Gasteiger partial charge < -0.3 is 9.47 Å². The SMILES string of the molecule is COc1ccc(/C=C/C(=O)OCC(=O)c2cc(F)ccc2F)cc1. The van der Waals surface area contributed by atoms with Crippen molar-refractivity contribution in [1.82, 2.24) is 0 Å². The van der Waals surface area contributed by atoms with Crippen LogP contribution in [0.15, 0.2) is 48.5 Å². The van der Waals surface area contributed by atoms with Crippen LogP contribution in [0.4, 0.5) is 8.78 Å². The van der Waals surface area contributed by atoms with Gasteiger partial charge in [0, 0.05) is 6.08 Å². The topological polar surface area (TPSA) is 52.6 Å². The Balaban J connectivity index is 1.91. The number of rotatable bonds is 6. The van der Waals surface area contributed by atoms with Crippen LogP contribution < -0.4 is 4.74 Å². The van der Waals surface area contributed by atoms with Crippen molar-refractivity contribution >= 4 is 17.8 Å². The molecule has 0 N–H and O–H groups in total. The molecular weight excluding hydrogens is 318 g/mol. The Morgan fingerprint density at radius 2 is 1.79 bits per heavy atom. The highest BCUT2D eigenvalue weighted by Crippen LogP contribution is 2.13. The Labute approximate surface area is 137 Å². The molecule has 0 aliphatic heterocycles. The standard InChI is InChI=1S/C18H14F2O4/c1-23-14-6-2-12(3-7-14)4-9-18(22)24-11-17(21)15-10-13(19)5-8-16(15)20/h2-10H,11H2,1H3/b9-4+. The Morgan fingerprint density at radius 1 is 1.08 bits per heavy atom.